The predicted octanol–water partition coefficient (Wildman–Crippen LogP) is 5.83. The molecule has 0 nitrogen and oxygen atoms in total. The molecule has 0 aromatic carbocycles. The van der Waals surface area contributed by atoms with Gasteiger partial charge >= 0.3 is 111 Å². The molecule has 0 saturated carbocycles. The van der Waals surface area contributed by atoms with Crippen molar-refractivity contribution in [3.05, 3.63) is 12.7 Å². The average molecular weight is 330 g/mol. The fourth-order valence-electron chi connectivity index (χ4n) is 2.38. The number of unbranched alkanes of at least 4 members (excludes halogenated alkanes) is 2. The summed E-state index contributed by atoms with van der Waals surface area (Å²) in [5.41, 5.74) is 0. The Morgan fingerprint density at radius 1 is 1.00 bits per heavy atom. The third kappa shape index (κ3) is 7.75. The molecule has 0 N–H and O–H groups in total. The number of hydrogen-bond acceptors (Lipinski definition) is 0. The molecule has 1 heteroatoms. The predicted molar refractivity (Wildman–Crippen MR) is 78.7 cm³/mol. The van der Waals surface area contributed by atoms with Crippen LogP contribution in [0.15, 0.2) is 12.7 Å². The number of allylic oxidation sites excluding steroid dienone is 1. The maximum absolute atomic E-state index is 3.96. The van der Waals surface area contributed by atoms with E-state index in [1.54, 1.807) is 8.87 Å². The van der Waals surface area contributed by atoms with E-state index in [4.69, 9.17) is 0 Å². The van der Waals surface area contributed by atoms with Crippen LogP contribution in [-0.4, -0.2) is 19.8 Å². The van der Waals surface area contributed by atoms with Gasteiger partial charge in [-0.05, 0) is 0 Å². The molecule has 0 aliphatic rings. The van der Waals surface area contributed by atoms with Crippen molar-refractivity contribution in [3.8, 4) is 0 Å². The van der Waals surface area contributed by atoms with Crippen molar-refractivity contribution in [1.29, 1.82) is 0 Å². The zero-order chi connectivity index (χ0) is 12.2. The molecule has 0 amide bonds. The molecule has 0 spiro atoms. The van der Waals surface area contributed by atoms with Crippen LogP contribution < -0.4 is 0 Å². The number of hydrogen-bond donors (Lipinski definition) is 0. The topological polar surface area (TPSA) is 0 Å². The summed E-state index contributed by atoms with van der Waals surface area (Å²) in [5.74, 6) is 0. The second-order valence-corrected chi connectivity index (χ2v) is 13.8. The first-order valence-electron chi connectivity index (χ1n) is 7.25. The quantitative estimate of drug-likeness (QED) is 0.330. The zero-order valence-corrected chi connectivity index (χ0v) is 14.6. The van der Waals surface area contributed by atoms with Crippen LogP contribution in [0.25, 0.3) is 0 Å². The van der Waals surface area contributed by atoms with E-state index < -0.39 is 19.8 Å². The van der Waals surface area contributed by atoms with Crippen LogP contribution in [0.1, 0.15) is 65.7 Å². The molecule has 1 radical (unpaired) electrons. The minimum absolute atomic E-state index is 1.09. The average Bonchev–Trinajstić information content (AvgIpc) is 2.29. The fraction of sp³-hybridized carbons (Fsp3) is 0.867. The van der Waals surface area contributed by atoms with Crippen molar-refractivity contribution in [2.45, 2.75) is 78.5 Å². The summed E-state index contributed by atoms with van der Waals surface area (Å²) in [6.45, 7) is 11.0. The first-order chi connectivity index (χ1) is 7.79. The summed E-state index contributed by atoms with van der Waals surface area (Å²) < 4.78 is 4.37. The Morgan fingerprint density at radius 3 is 1.94 bits per heavy atom. The van der Waals surface area contributed by atoms with Crippen LogP contribution >= 0.6 is 0 Å². The second kappa shape index (κ2) is 12.0. The second-order valence-electron chi connectivity index (χ2n) is 4.88. The van der Waals surface area contributed by atoms with Gasteiger partial charge in [0.1, 0.15) is 0 Å². The van der Waals surface area contributed by atoms with Gasteiger partial charge in [0.05, 0.1) is 0 Å². The monoisotopic (exact) mass is 331 g/mol. The van der Waals surface area contributed by atoms with E-state index in [1.165, 1.54) is 44.9 Å². The van der Waals surface area contributed by atoms with Crippen molar-refractivity contribution in [1.82, 2.24) is 0 Å². The van der Waals surface area contributed by atoms with E-state index in [-0.39, 0.29) is 0 Å². The summed E-state index contributed by atoms with van der Waals surface area (Å²) >= 11 is -1.09. The molecule has 0 saturated heterocycles. The Hall–Kier alpha value is 0.539. The fourth-order valence-corrected chi connectivity index (χ4v) is 13.4. The molecule has 0 aromatic heterocycles. The number of rotatable bonds is 11. The van der Waals surface area contributed by atoms with E-state index in [0.717, 1.165) is 3.93 Å². The van der Waals surface area contributed by atoms with E-state index in [1.807, 2.05) is 0 Å². The van der Waals surface area contributed by atoms with Gasteiger partial charge in [-0.25, -0.2) is 0 Å². The van der Waals surface area contributed by atoms with Crippen LogP contribution in [0.3, 0.4) is 0 Å². The van der Waals surface area contributed by atoms with Gasteiger partial charge in [0.25, 0.3) is 0 Å². The Morgan fingerprint density at radius 2 is 1.56 bits per heavy atom. The van der Waals surface area contributed by atoms with Crippen molar-refractivity contribution in [2.75, 3.05) is 0 Å². The van der Waals surface area contributed by atoms with Gasteiger partial charge in [-0.15, -0.1) is 0 Å². The standard InChI is InChI=1S/C7H13.2C4H9.Sn/c1-3-5-7-6-4-2;2*1-3-4-2;/h3,7H,1,4-6H2,2H3;2*1,3-4H2,2H3;. The Kier molecular flexibility index (Phi) is 12.4. The molecule has 95 valence electrons. The van der Waals surface area contributed by atoms with Crippen molar-refractivity contribution < 1.29 is 0 Å². The third-order valence-corrected chi connectivity index (χ3v) is 13.8. The van der Waals surface area contributed by atoms with Gasteiger partial charge in [0.2, 0.25) is 0 Å². The van der Waals surface area contributed by atoms with E-state index in [2.05, 4.69) is 33.4 Å². The van der Waals surface area contributed by atoms with Crippen molar-refractivity contribution in [2.24, 2.45) is 0 Å². The Balaban J connectivity index is 4.20. The molecular formula is C15H31Sn. The molecule has 0 heterocycles. The SMILES string of the molecule is C=CC[CH](CCC)[Sn]([CH2]CCC)[CH2]CCC. The molecule has 1 atom stereocenters. The first-order valence-corrected chi connectivity index (χ1v) is 12.9. The van der Waals surface area contributed by atoms with Crippen molar-refractivity contribution >= 4 is 19.8 Å². The summed E-state index contributed by atoms with van der Waals surface area (Å²) in [6.07, 6.45) is 12.1. The zero-order valence-electron chi connectivity index (χ0n) is 11.7. The molecule has 0 aromatic rings. The Labute approximate surface area is 111 Å². The molecule has 0 fully saturated rings. The summed E-state index contributed by atoms with van der Waals surface area (Å²) in [4.78, 5) is 0. The van der Waals surface area contributed by atoms with E-state index in [9.17, 15) is 0 Å². The van der Waals surface area contributed by atoms with Gasteiger partial charge < -0.3 is 0 Å². The Bertz CT molecular complexity index is 146. The van der Waals surface area contributed by atoms with Gasteiger partial charge in [-0.2, -0.15) is 0 Å². The summed E-state index contributed by atoms with van der Waals surface area (Å²) in [5, 5.41) is 0. The van der Waals surface area contributed by atoms with Gasteiger partial charge in [-0.3, -0.25) is 0 Å². The molecule has 0 aliphatic heterocycles. The van der Waals surface area contributed by atoms with Crippen LogP contribution in [0.5, 0.6) is 0 Å². The third-order valence-electron chi connectivity index (χ3n) is 3.37. The minimum atomic E-state index is -1.09. The summed E-state index contributed by atoms with van der Waals surface area (Å²) in [6, 6.07) is 0. The van der Waals surface area contributed by atoms with Crippen LogP contribution in [0.4, 0.5) is 0 Å². The molecule has 1 unspecified atom stereocenters. The first kappa shape index (κ1) is 16.5. The maximum atomic E-state index is 3.96. The molecule has 16 heavy (non-hydrogen) atoms. The molecule has 0 bridgehead atoms. The van der Waals surface area contributed by atoms with Crippen LogP contribution in [0.2, 0.25) is 12.8 Å². The van der Waals surface area contributed by atoms with E-state index >= 15 is 0 Å². The van der Waals surface area contributed by atoms with Crippen molar-refractivity contribution in [3.63, 3.8) is 0 Å². The van der Waals surface area contributed by atoms with Gasteiger partial charge in [-0.1, -0.05) is 0 Å². The molecule has 0 aliphatic carbocycles. The normalized spacial score (nSPS) is 13.0. The summed E-state index contributed by atoms with van der Waals surface area (Å²) in [7, 11) is 0. The molecular weight excluding hydrogens is 299 g/mol. The van der Waals surface area contributed by atoms with Crippen LogP contribution in [-0.2, 0) is 0 Å². The molecule has 0 rings (SSSR count). The van der Waals surface area contributed by atoms with E-state index in [0.29, 0.717) is 0 Å². The van der Waals surface area contributed by atoms with Gasteiger partial charge in [0, 0.05) is 0 Å². The van der Waals surface area contributed by atoms with Crippen LogP contribution in [0, 0.1) is 0 Å². The van der Waals surface area contributed by atoms with Gasteiger partial charge in [0.15, 0.2) is 0 Å².